The number of carbonyl (C=O) groups is 1. The molecule has 1 unspecified atom stereocenters. The Bertz CT molecular complexity index is 430. The minimum Gasteiger partial charge on any atom is -0.478 e. The Morgan fingerprint density at radius 1 is 1.56 bits per heavy atom. The van der Waals surface area contributed by atoms with E-state index >= 15 is 0 Å². The normalized spacial score (nSPS) is 18.8. The van der Waals surface area contributed by atoms with E-state index in [4.69, 9.17) is 9.84 Å². The molecule has 0 bridgehead atoms. The Kier molecular flexibility index (Phi) is 4.15. The van der Waals surface area contributed by atoms with Crippen LogP contribution < -0.4 is 5.32 Å². The maximum atomic E-state index is 13.4. The molecule has 0 amide bonds. The molecule has 2 rings (SSSR count). The van der Waals surface area contributed by atoms with Gasteiger partial charge in [0, 0.05) is 18.8 Å². The van der Waals surface area contributed by atoms with Gasteiger partial charge < -0.3 is 15.2 Å². The highest BCUT2D eigenvalue weighted by Gasteiger charge is 2.15. The highest BCUT2D eigenvalue weighted by atomic mass is 19.1. The molecule has 18 heavy (non-hydrogen) atoms. The van der Waals surface area contributed by atoms with Crippen LogP contribution in [0.3, 0.4) is 0 Å². The quantitative estimate of drug-likeness (QED) is 0.846. The Balaban J connectivity index is 1.85. The number of hydrogen-bond acceptors (Lipinski definition) is 3. The summed E-state index contributed by atoms with van der Waals surface area (Å²) >= 11 is 0. The van der Waals surface area contributed by atoms with Gasteiger partial charge in [-0.3, -0.25) is 0 Å². The molecule has 98 valence electrons. The van der Waals surface area contributed by atoms with Gasteiger partial charge in [-0.1, -0.05) is 0 Å². The van der Waals surface area contributed by atoms with Crippen molar-refractivity contribution in [2.24, 2.45) is 0 Å². The number of hydrogen-bond donors (Lipinski definition) is 2. The number of rotatable bonds is 5. The summed E-state index contributed by atoms with van der Waals surface area (Å²) in [7, 11) is 0. The van der Waals surface area contributed by atoms with Crippen molar-refractivity contribution < 1.29 is 19.0 Å². The van der Waals surface area contributed by atoms with Crippen LogP contribution in [-0.2, 0) is 4.74 Å². The first kappa shape index (κ1) is 12.8. The van der Waals surface area contributed by atoms with E-state index in [1.54, 1.807) is 6.07 Å². The molecule has 1 aromatic carbocycles. The van der Waals surface area contributed by atoms with Gasteiger partial charge in [-0.25, -0.2) is 9.18 Å². The van der Waals surface area contributed by atoms with Gasteiger partial charge in [-0.15, -0.1) is 0 Å². The van der Waals surface area contributed by atoms with Gasteiger partial charge in [0.25, 0.3) is 0 Å². The predicted octanol–water partition coefficient (Wildman–Crippen LogP) is 2.50. The lowest BCUT2D eigenvalue weighted by Gasteiger charge is -2.11. The van der Waals surface area contributed by atoms with E-state index in [0.29, 0.717) is 18.3 Å². The van der Waals surface area contributed by atoms with E-state index in [0.717, 1.165) is 25.9 Å². The zero-order chi connectivity index (χ0) is 13.0. The van der Waals surface area contributed by atoms with E-state index < -0.39 is 11.8 Å². The topological polar surface area (TPSA) is 58.6 Å². The minimum absolute atomic E-state index is 0.292. The number of benzene rings is 1. The summed E-state index contributed by atoms with van der Waals surface area (Å²) in [6, 6.07) is 4.05. The number of halogens is 1. The van der Waals surface area contributed by atoms with Crippen LogP contribution in [-0.4, -0.2) is 30.3 Å². The molecule has 1 aliphatic rings. The monoisotopic (exact) mass is 253 g/mol. The molecule has 1 heterocycles. The molecule has 1 fully saturated rings. The molecule has 1 aliphatic heterocycles. The summed E-state index contributed by atoms with van der Waals surface area (Å²) in [6.45, 7) is 1.52. The van der Waals surface area contributed by atoms with Crippen molar-refractivity contribution in [3.63, 3.8) is 0 Å². The third kappa shape index (κ3) is 3.20. The molecule has 0 saturated carbocycles. The first-order valence-electron chi connectivity index (χ1n) is 6.05. The maximum Gasteiger partial charge on any atom is 0.338 e. The van der Waals surface area contributed by atoms with Crippen molar-refractivity contribution >= 4 is 11.7 Å². The highest BCUT2D eigenvalue weighted by molar-refractivity contribution is 5.88. The zero-order valence-electron chi connectivity index (χ0n) is 9.99. The molecule has 5 heteroatoms. The molecule has 4 nitrogen and oxygen atoms in total. The van der Waals surface area contributed by atoms with Crippen LogP contribution in [0.2, 0.25) is 0 Å². The van der Waals surface area contributed by atoms with Crippen LogP contribution in [0.5, 0.6) is 0 Å². The smallest absolute Gasteiger partial charge is 0.338 e. The van der Waals surface area contributed by atoms with Gasteiger partial charge in [0.15, 0.2) is 0 Å². The zero-order valence-corrected chi connectivity index (χ0v) is 9.99. The number of carboxylic acids is 1. The minimum atomic E-state index is -1.25. The molecule has 1 aromatic rings. The van der Waals surface area contributed by atoms with Crippen LogP contribution in [0.1, 0.15) is 29.6 Å². The van der Waals surface area contributed by atoms with Gasteiger partial charge in [0.1, 0.15) is 5.82 Å². The molecule has 0 aliphatic carbocycles. The van der Waals surface area contributed by atoms with Crippen LogP contribution in [0.15, 0.2) is 18.2 Å². The second-order valence-corrected chi connectivity index (χ2v) is 4.35. The molecule has 1 saturated heterocycles. The number of aromatic carboxylic acids is 1. The van der Waals surface area contributed by atoms with Gasteiger partial charge >= 0.3 is 5.97 Å². The molecular weight excluding hydrogens is 237 g/mol. The largest absolute Gasteiger partial charge is 0.478 e. The Hall–Kier alpha value is -1.62. The second kappa shape index (κ2) is 5.82. The first-order valence-corrected chi connectivity index (χ1v) is 6.05. The average molecular weight is 253 g/mol. The number of anilines is 1. The Morgan fingerprint density at radius 2 is 2.39 bits per heavy atom. The molecule has 2 N–H and O–H groups in total. The van der Waals surface area contributed by atoms with E-state index in [1.807, 2.05) is 0 Å². The summed E-state index contributed by atoms with van der Waals surface area (Å²) in [5.74, 6) is -1.97. The molecule has 0 radical (unpaired) electrons. The van der Waals surface area contributed by atoms with Gasteiger partial charge in [-0.2, -0.15) is 0 Å². The summed E-state index contributed by atoms with van der Waals surface area (Å²) in [6.07, 6.45) is 3.35. The van der Waals surface area contributed by atoms with Gasteiger partial charge in [0.2, 0.25) is 0 Å². The number of nitrogens with one attached hydrogen (secondary N) is 1. The van der Waals surface area contributed by atoms with E-state index in [1.165, 1.54) is 12.1 Å². The van der Waals surface area contributed by atoms with Gasteiger partial charge in [0.05, 0.1) is 11.7 Å². The van der Waals surface area contributed by atoms with E-state index in [2.05, 4.69) is 5.32 Å². The standard InChI is InChI=1S/C13H16FNO3/c14-12-8-9(3-4-11(12)13(16)17)15-6-5-10-2-1-7-18-10/h3-4,8,10,15H,1-2,5-7H2,(H,16,17). The third-order valence-electron chi connectivity index (χ3n) is 3.02. The van der Waals surface area contributed by atoms with Crippen molar-refractivity contribution in [2.75, 3.05) is 18.5 Å². The van der Waals surface area contributed by atoms with Crippen molar-refractivity contribution in [3.05, 3.63) is 29.6 Å². The summed E-state index contributed by atoms with van der Waals surface area (Å²) in [4.78, 5) is 10.6. The second-order valence-electron chi connectivity index (χ2n) is 4.35. The van der Waals surface area contributed by atoms with Crippen molar-refractivity contribution in [3.8, 4) is 0 Å². The van der Waals surface area contributed by atoms with Crippen LogP contribution in [0.25, 0.3) is 0 Å². The molecular formula is C13H16FNO3. The SMILES string of the molecule is O=C(O)c1ccc(NCCC2CCCO2)cc1F. The fourth-order valence-electron chi connectivity index (χ4n) is 2.05. The number of carboxylic acid groups (broad SMARTS) is 1. The Labute approximate surface area is 105 Å². The fourth-order valence-corrected chi connectivity index (χ4v) is 2.05. The van der Waals surface area contributed by atoms with Crippen LogP contribution >= 0.6 is 0 Å². The number of ether oxygens (including phenoxy) is 1. The summed E-state index contributed by atoms with van der Waals surface area (Å²) in [5, 5.41) is 11.8. The highest BCUT2D eigenvalue weighted by Crippen LogP contribution is 2.17. The summed E-state index contributed by atoms with van der Waals surface area (Å²) < 4.78 is 18.9. The molecule has 0 spiro atoms. The summed E-state index contributed by atoms with van der Waals surface area (Å²) in [5.41, 5.74) is 0.287. The predicted molar refractivity (Wildman–Crippen MR) is 65.4 cm³/mol. The lowest BCUT2D eigenvalue weighted by molar-refractivity contribution is 0.0692. The van der Waals surface area contributed by atoms with Crippen molar-refractivity contribution in [1.29, 1.82) is 0 Å². The average Bonchev–Trinajstić information content (AvgIpc) is 2.81. The fraction of sp³-hybridized carbons (Fsp3) is 0.462. The van der Waals surface area contributed by atoms with E-state index in [-0.39, 0.29) is 5.56 Å². The third-order valence-corrected chi connectivity index (χ3v) is 3.02. The van der Waals surface area contributed by atoms with Crippen molar-refractivity contribution in [2.45, 2.75) is 25.4 Å². The Morgan fingerprint density at radius 3 is 3.00 bits per heavy atom. The molecule has 1 atom stereocenters. The lowest BCUT2D eigenvalue weighted by Crippen LogP contribution is -2.12. The lowest BCUT2D eigenvalue weighted by atomic mass is 10.1. The van der Waals surface area contributed by atoms with Crippen LogP contribution in [0.4, 0.5) is 10.1 Å². The first-order chi connectivity index (χ1) is 8.66. The maximum absolute atomic E-state index is 13.4. The van der Waals surface area contributed by atoms with Crippen LogP contribution in [0, 0.1) is 5.82 Å². The molecule has 0 aromatic heterocycles. The van der Waals surface area contributed by atoms with E-state index in [9.17, 15) is 9.18 Å². The van der Waals surface area contributed by atoms with Gasteiger partial charge in [-0.05, 0) is 37.5 Å². The van der Waals surface area contributed by atoms with Crippen molar-refractivity contribution in [1.82, 2.24) is 0 Å².